The number of H-pyrrole nitrogens is 1. The highest BCUT2D eigenvalue weighted by atomic mass is 19.3. The predicted molar refractivity (Wildman–Crippen MR) is 95.6 cm³/mol. The van der Waals surface area contributed by atoms with Crippen molar-refractivity contribution in [3.8, 4) is 11.3 Å². The molecule has 3 aromatic rings. The number of alkyl halides is 2. The molecule has 26 heavy (non-hydrogen) atoms. The number of anilines is 1. The first kappa shape index (κ1) is 17.5. The molecule has 132 valence electrons. The number of carbonyl (C=O) groups is 1. The van der Waals surface area contributed by atoms with E-state index in [1.807, 2.05) is 19.1 Å². The summed E-state index contributed by atoms with van der Waals surface area (Å²) >= 11 is 0. The maximum atomic E-state index is 12.5. The summed E-state index contributed by atoms with van der Waals surface area (Å²) in [5.41, 5.74) is 3.03. The lowest BCUT2D eigenvalue weighted by atomic mass is 10.1. The molecule has 2 aromatic heterocycles. The number of pyridine rings is 1. The third-order valence-corrected chi connectivity index (χ3v) is 3.83. The Morgan fingerprint density at radius 3 is 2.50 bits per heavy atom. The highest BCUT2D eigenvalue weighted by molar-refractivity contribution is 6.02. The fraction of sp³-hybridized carbons (Fsp3) is 0.105. The molecule has 2 N–H and O–H groups in total. The van der Waals surface area contributed by atoms with Crippen LogP contribution in [0.3, 0.4) is 0 Å². The van der Waals surface area contributed by atoms with Crippen LogP contribution >= 0.6 is 0 Å². The number of aromatic nitrogens is 3. The Hall–Kier alpha value is -3.35. The van der Waals surface area contributed by atoms with Gasteiger partial charge >= 0.3 is 0 Å². The summed E-state index contributed by atoms with van der Waals surface area (Å²) in [4.78, 5) is 16.0. The van der Waals surface area contributed by atoms with E-state index in [0.29, 0.717) is 11.4 Å². The monoisotopic (exact) mass is 354 g/mol. The Kier molecular flexibility index (Phi) is 5.17. The van der Waals surface area contributed by atoms with Crippen molar-refractivity contribution in [2.24, 2.45) is 0 Å². The molecule has 0 aliphatic carbocycles. The van der Waals surface area contributed by atoms with Gasteiger partial charge in [0.25, 0.3) is 6.43 Å². The van der Waals surface area contributed by atoms with Gasteiger partial charge in [0.2, 0.25) is 5.91 Å². The standard InChI is InChI=1S/C19H16F2N4O/c1-12-17(14-8-10-22-11-9-14)24-25-19(12)23-16(26)7-4-13-2-5-15(6-3-13)18(20)21/h2-11,18H,1H3,(H2,23,24,25,26). The number of carbonyl (C=O) groups excluding carboxylic acids is 1. The van der Waals surface area contributed by atoms with E-state index in [0.717, 1.165) is 16.8 Å². The summed E-state index contributed by atoms with van der Waals surface area (Å²) in [6.07, 6.45) is 3.73. The minimum Gasteiger partial charge on any atom is -0.307 e. The summed E-state index contributed by atoms with van der Waals surface area (Å²) in [6.45, 7) is 1.85. The van der Waals surface area contributed by atoms with Gasteiger partial charge in [0.05, 0.1) is 5.69 Å². The van der Waals surface area contributed by atoms with Crippen molar-refractivity contribution >= 4 is 17.8 Å². The minimum absolute atomic E-state index is 0.0525. The second kappa shape index (κ2) is 7.69. The molecule has 0 atom stereocenters. The number of aromatic amines is 1. The highest BCUT2D eigenvalue weighted by Gasteiger charge is 2.12. The second-order valence-electron chi connectivity index (χ2n) is 5.60. The number of benzene rings is 1. The molecule has 0 aliphatic rings. The van der Waals surface area contributed by atoms with Crippen LogP contribution in [0.25, 0.3) is 17.3 Å². The normalized spacial score (nSPS) is 11.2. The number of nitrogens with one attached hydrogen (secondary N) is 2. The SMILES string of the molecule is Cc1c(-c2ccncc2)n[nH]c1NC(=O)C=Cc1ccc(C(F)F)cc1. The second-order valence-corrected chi connectivity index (χ2v) is 5.60. The van der Waals surface area contributed by atoms with Crippen LogP contribution in [0.1, 0.15) is 23.1 Å². The molecular formula is C19H16F2N4O. The van der Waals surface area contributed by atoms with Crippen molar-refractivity contribution in [2.45, 2.75) is 13.3 Å². The van der Waals surface area contributed by atoms with Crippen LogP contribution < -0.4 is 5.32 Å². The van der Waals surface area contributed by atoms with Crippen molar-refractivity contribution in [1.82, 2.24) is 15.2 Å². The Morgan fingerprint density at radius 2 is 1.85 bits per heavy atom. The molecule has 0 fully saturated rings. The molecule has 0 spiro atoms. The maximum Gasteiger partial charge on any atom is 0.263 e. The third-order valence-electron chi connectivity index (χ3n) is 3.83. The average molecular weight is 354 g/mol. The molecule has 1 amide bonds. The Balaban J connectivity index is 1.68. The highest BCUT2D eigenvalue weighted by Crippen LogP contribution is 2.25. The molecule has 0 aliphatic heterocycles. The lowest BCUT2D eigenvalue weighted by Gasteiger charge is -2.02. The smallest absolute Gasteiger partial charge is 0.263 e. The van der Waals surface area contributed by atoms with Crippen molar-refractivity contribution in [2.75, 3.05) is 5.32 Å². The summed E-state index contributed by atoms with van der Waals surface area (Å²) in [5.74, 6) is 0.149. The van der Waals surface area contributed by atoms with Gasteiger partial charge in [0.15, 0.2) is 0 Å². The van der Waals surface area contributed by atoms with Gasteiger partial charge < -0.3 is 5.32 Å². The molecule has 0 radical (unpaired) electrons. The van der Waals surface area contributed by atoms with Crippen molar-refractivity contribution in [3.63, 3.8) is 0 Å². The molecule has 5 nitrogen and oxygen atoms in total. The van der Waals surface area contributed by atoms with Crippen LogP contribution in [0.2, 0.25) is 0 Å². The van der Waals surface area contributed by atoms with E-state index in [2.05, 4.69) is 20.5 Å². The number of nitrogens with zero attached hydrogens (tertiary/aromatic N) is 2. The van der Waals surface area contributed by atoms with E-state index in [1.54, 1.807) is 18.5 Å². The molecule has 2 heterocycles. The first-order valence-electron chi connectivity index (χ1n) is 7.87. The van der Waals surface area contributed by atoms with Crippen LogP contribution in [0.15, 0.2) is 54.9 Å². The van der Waals surface area contributed by atoms with Crippen molar-refractivity contribution in [1.29, 1.82) is 0 Å². The number of amides is 1. The minimum atomic E-state index is -2.51. The summed E-state index contributed by atoms with van der Waals surface area (Å²) < 4.78 is 25.0. The Bertz CT molecular complexity index is 918. The lowest BCUT2D eigenvalue weighted by molar-refractivity contribution is -0.111. The van der Waals surface area contributed by atoms with Gasteiger partial charge in [-0.25, -0.2) is 8.78 Å². The number of rotatable bonds is 5. The molecule has 3 rings (SSSR count). The average Bonchev–Trinajstić information content (AvgIpc) is 3.01. The zero-order valence-corrected chi connectivity index (χ0v) is 13.9. The first-order chi connectivity index (χ1) is 12.5. The number of hydrogen-bond donors (Lipinski definition) is 2. The molecule has 0 bridgehead atoms. The third kappa shape index (κ3) is 4.00. The van der Waals surface area contributed by atoms with Crippen LogP contribution in [0.5, 0.6) is 0 Å². The summed E-state index contributed by atoms with van der Waals surface area (Å²) in [5, 5.41) is 9.74. The maximum absolute atomic E-state index is 12.5. The first-order valence-corrected chi connectivity index (χ1v) is 7.87. The fourth-order valence-electron chi connectivity index (χ4n) is 2.40. The van der Waals surface area contributed by atoms with Crippen molar-refractivity contribution < 1.29 is 13.6 Å². The predicted octanol–water partition coefficient (Wildman–Crippen LogP) is 4.37. The quantitative estimate of drug-likeness (QED) is 0.669. The fourth-order valence-corrected chi connectivity index (χ4v) is 2.40. The summed E-state index contributed by atoms with van der Waals surface area (Å²) in [6, 6.07) is 9.41. The van der Waals surface area contributed by atoms with Gasteiger partial charge in [0.1, 0.15) is 5.82 Å². The van der Waals surface area contributed by atoms with Crippen LogP contribution in [-0.4, -0.2) is 21.1 Å². The largest absolute Gasteiger partial charge is 0.307 e. The van der Waals surface area contributed by atoms with E-state index in [9.17, 15) is 13.6 Å². The van der Waals surface area contributed by atoms with E-state index < -0.39 is 6.43 Å². The summed E-state index contributed by atoms with van der Waals surface area (Å²) in [7, 11) is 0. The zero-order chi connectivity index (χ0) is 18.5. The van der Waals surface area contributed by atoms with Gasteiger partial charge in [-0.15, -0.1) is 0 Å². The van der Waals surface area contributed by atoms with Gasteiger partial charge in [-0.3, -0.25) is 14.9 Å². The van der Waals surface area contributed by atoms with Gasteiger partial charge in [0, 0.05) is 35.2 Å². The number of halogens is 2. The molecular weight excluding hydrogens is 338 g/mol. The van der Waals surface area contributed by atoms with Crippen LogP contribution in [-0.2, 0) is 4.79 Å². The van der Waals surface area contributed by atoms with Gasteiger partial charge in [-0.05, 0) is 30.7 Å². The van der Waals surface area contributed by atoms with E-state index in [1.165, 1.54) is 30.3 Å². The molecule has 0 saturated heterocycles. The topological polar surface area (TPSA) is 70.7 Å². The zero-order valence-electron chi connectivity index (χ0n) is 13.9. The van der Waals surface area contributed by atoms with Crippen LogP contribution in [0.4, 0.5) is 14.6 Å². The van der Waals surface area contributed by atoms with E-state index in [4.69, 9.17) is 0 Å². The Labute approximate surface area is 148 Å². The number of hydrogen-bond acceptors (Lipinski definition) is 3. The van der Waals surface area contributed by atoms with Crippen LogP contribution in [0, 0.1) is 6.92 Å². The Morgan fingerprint density at radius 1 is 1.15 bits per heavy atom. The van der Waals surface area contributed by atoms with E-state index >= 15 is 0 Å². The van der Waals surface area contributed by atoms with E-state index in [-0.39, 0.29) is 11.5 Å². The lowest BCUT2D eigenvalue weighted by Crippen LogP contribution is -2.09. The van der Waals surface area contributed by atoms with Gasteiger partial charge in [-0.1, -0.05) is 24.3 Å². The molecule has 7 heteroatoms. The molecule has 0 saturated carbocycles. The molecule has 0 unspecified atom stereocenters. The molecule has 1 aromatic carbocycles. The van der Waals surface area contributed by atoms with Crippen molar-refractivity contribution in [3.05, 3.63) is 71.6 Å². The van der Waals surface area contributed by atoms with Gasteiger partial charge in [-0.2, -0.15) is 5.10 Å².